The van der Waals surface area contributed by atoms with E-state index in [-0.39, 0.29) is 22.9 Å². The van der Waals surface area contributed by atoms with Gasteiger partial charge in [0.1, 0.15) is 17.0 Å². The van der Waals surface area contributed by atoms with E-state index in [1.807, 2.05) is 19.1 Å². The van der Waals surface area contributed by atoms with E-state index >= 15 is 0 Å². The second-order valence-electron chi connectivity index (χ2n) is 9.27. The zero-order chi connectivity index (χ0) is 26.8. The summed E-state index contributed by atoms with van der Waals surface area (Å²) in [5.74, 6) is 5.36. The topological polar surface area (TPSA) is 126 Å². The quantitative estimate of drug-likeness (QED) is 0.124. The van der Waals surface area contributed by atoms with Crippen LogP contribution in [0.1, 0.15) is 44.1 Å². The van der Waals surface area contributed by atoms with Crippen molar-refractivity contribution in [1.29, 1.82) is 0 Å². The van der Waals surface area contributed by atoms with Gasteiger partial charge in [0.05, 0.1) is 17.3 Å². The summed E-state index contributed by atoms with van der Waals surface area (Å²) < 4.78 is 34.9. The van der Waals surface area contributed by atoms with Crippen molar-refractivity contribution in [3.63, 3.8) is 0 Å². The largest absolute Gasteiger partial charge is 0.493 e. The van der Waals surface area contributed by atoms with Crippen LogP contribution in [0.3, 0.4) is 0 Å². The van der Waals surface area contributed by atoms with Gasteiger partial charge in [0, 0.05) is 32.1 Å². The summed E-state index contributed by atoms with van der Waals surface area (Å²) in [5.41, 5.74) is 1.36. The first kappa shape index (κ1) is 28.6. The van der Waals surface area contributed by atoms with Gasteiger partial charge in [-0.3, -0.25) is 9.10 Å². The van der Waals surface area contributed by atoms with Gasteiger partial charge in [0.25, 0.3) is 10.0 Å². The summed E-state index contributed by atoms with van der Waals surface area (Å²) in [6.45, 7) is 4.34. The third-order valence-electron chi connectivity index (χ3n) is 6.34. The van der Waals surface area contributed by atoms with E-state index in [9.17, 15) is 13.2 Å². The summed E-state index contributed by atoms with van der Waals surface area (Å²) in [5, 5.41) is 12.6. The molecule has 37 heavy (non-hydrogen) atoms. The number of hydrogen-bond acceptors (Lipinski definition) is 6. The smallest absolute Gasteiger partial charge is 0.303 e. The fourth-order valence-electron chi connectivity index (χ4n) is 4.37. The van der Waals surface area contributed by atoms with Crippen LogP contribution < -0.4 is 14.9 Å². The number of aryl methyl sites for hydroxylation is 1. The number of nitrogens with two attached hydrogens (primary N) is 1. The molecular formula is C26H35ClN4O5S. The summed E-state index contributed by atoms with van der Waals surface area (Å²) in [4.78, 5) is 13.0. The molecule has 11 heteroatoms. The van der Waals surface area contributed by atoms with Gasteiger partial charge >= 0.3 is 5.97 Å². The summed E-state index contributed by atoms with van der Waals surface area (Å²) in [7, 11) is -3.97. The van der Waals surface area contributed by atoms with E-state index in [1.165, 1.54) is 10.4 Å². The van der Waals surface area contributed by atoms with Crippen LogP contribution in [0.2, 0.25) is 5.02 Å². The SMILES string of the molecule is Cc1cc(OCC2CCN(C=NN)CC2)cc(N(CCCCCC(=O)O)S(=O)(=O)c2ccccc2Cl)c1. The fraction of sp³-hybridized carbons (Fsp3) is 0.462. The van der Waals surface area contributed by atoms with Gasteiger partial charge in [-0.05, 0) is 68.4 Å². The van der Waals surface area contributed by atoms with Crippen molar-refractivity contribution in [3.05, 3.63) is 53.1 Å². The Labute approximate surface area is 223 Å². The number of unbranched alkanes of at least 4 members (excludes halogenated alkanes) is 2. The summed E-state index contributed by atoms with van der Waals surface area (Å²) in [6, 6.07) is 11.8. The van der Waals surface area contributed by atoms with Gasteiger partial charge in [-0.1, -0.05) is 30.2 Å². The van der Waals surface area contributed by atoms with E-state index in [0.29, 0.717) is 43.2 Å². The van der Waals surface area contributed by atoms with Crippen LogP contribution in [-0.4, -0.2) is 57.0 Å². The molecule has 1 saturated heterocycles. The van der Waals surface area contributed by atoms with Crippen molar-refractivity contribution in [2.75, 3.05) is 30.5 Å². The molecule has 0 spiro atoms. The number of halogens is 1. The van der Waals surface area contributed by atoms with Gasteiger partial charge in [-0.15, -0.1) is 0 Å². The highest BCUT2D eigenvalue weighted by molar-refractivity contribution is 7.93. The minimum atomic E-state index is -3.97. The Bertz CT molecular complexity index is 1180. The Kier molecular flexibility index (Phi) is 10.5. The Morgan fingerprint density at radius 2 is 1.95 bits per heavy atom. The van der Waals surface area contributed by atoms with Gasteiger partial charge in [0.15, 0.2) is 0 Å². The lowest BCUT2D eigenvalue weighted by atomic mass is 9.98. The number of nitrogens with zero attached hydrogens (tertiary/aromatic N) is 3. The molecule has 0 unspecified atom stereocenters. The van der Waals surface area contributed by atoms with E-state index in [4.69, 9.17) is 27.3 Å². The first-order chi connectivity index (χ1) is 17.7. The van der Waals surface area contributed by atoms with Crippen molar-refractivity contribution < 1.29 is 23.1 Å². The summed E-state index contributed by atoms with van der Waals surface area (Å²) >= 11 is 6.27. The van der Waals surface area contributed by atoms with Gasteiger partial charge in [-0.2, -0.15) is 5.10 Å². The molecule has 0 amide bonds. The highest BCUT2D eigenvalue weighted by Gasteiger charge is 2.27. The monoisotopic (exact) mass is 550 g/mol. The molecule has 0 radical (unpaired) electrons. The van der Waals surface area contributed by atoms with Crippen molar-refractivity contribution in [2.24, 2.45) is 16.9 Å². The number of hydrogen-bond donors (Lipinski definition) is 2. The molecule has 3 N–H and O–H groups in total. The molecule has 1 fully saturated rings. The van der Waals surface area contributed by atoms with Crippen LogP contribution in [0.4, 0.5) is 5.69 Å². The van der Waals surface area contributed by atoms with E-state index in [2.05, 4.69) is 10.0 Å². The Balaban J connectivity index is 1.79. The van der Waals surface area contributed by atoms with Crippen molar-refractivity contribution in [3.8, 4) is 5.75 Å². The van der Waals surface area contributed by atoms with Crippen LogP contribution in [0.25, 0.3) is 0 Å². The number of hydrazone groups is 1. The van der Waals surface area contributed by atoms with Crippen LogP contribution in [-0.2, 0) is 14.8 Å². The molecule has 1 heterocycles. The number of aliphatic carboxylic acids is 1. The molecular weight excluding hydrogens is 516 g/mol. The third kappa shape index (κ3) is 8.26. The highest BCUT2D eigenvalue weighted by atomic mass is 35.5. The van der Waals surface area contributed by atoms with Crippen molar-refractivity contribution in [2.45, 2.75) is 50.3 Å². The first-order valence-electron chi connectivity index (χ1n) is 12.4. The van der Waals surface area contributed by atoms with Crippen LogP contribution in [0, 0.1) is 12.8 Å². The molecule has 202 valence electrons. The van der Waals surface area contributed by atoms with E-state index in [1.54, 1.807) is 30.6 Å². The second kappa shape index (κ2) is 13.5. The highest BCUT2D eigenvalue weighted by Crippen LogP contribution is 2.32. The molecule has 2 aromatic carbocycles. The predicted molar refractivity (Wildman–Crippen MR) is 146 cm³/mol. The van der Waals surface area contributed by atoms with Gasteiger partial charge < -0.3 is 20.6 Å². The number of sulfonamides is 1. The summed E-state index contributed by atoms with van der Waals surface area (Å²) in [6.07, 6.45) is 5.18. The molecule has 2 aromatic rings. The van der Waals surface area contributed by atoms with Gasteiger partial charge in [0.2, 0.25) is 0 Å². The second-order valence-corrected chi connectivity index (χ2v) is 11.5. The molecule has 0 aromatic heterocycles. The van der Waals surface area contributed by atoms with Crippen LogP contribution >= 0.6 is 11.6 Å². The first-order valence-corrected chi connectivity index (χ1v) is 14.2. The van der Waals surface area contributed by atoms with Crippen LogP contribution in [0.15, 0.2) is 52.5 Å². The standard InChI is InChI=1S/C26H35ClN4O5S/c1-20-15-22(17-23(16-20)36-18-21-10-13-30(14-11-21)19-29-28)31(12-6-2-3-9-26(32)33)37(34,35)25-8-5-4-7-24(25)27/h4-5,7-8,15-17,19,21H,2-3,6,9-14,18,28H2,1H3,(H,32,33). The number of benzene rings is 2. The number of carboxylic acid groups (broad SMARTS) is 1. The molecule has 0 atom stereocenters. The average Bonchev–Trinajstić information content (AvgIpc) is 2.85. The third-order valence-corrected chi connectivity index (χ3v) is 8.67. The molecule has 0 saturated carbocycles. The number of piperidine rings is 1. The maximum absolute atomic E-state index is 13.7. The van der Waals surface area contributed by atoms with Crippen LogP contribution in [0.5, 0.6) is 5.75 Å². The lowest BCUT2D eigenvalue weighted by molar-refractivity contribution is -0.137. The molecule has 9 nitrogen and oxygen atoms in total. The number of likely N-dealkylation sites (tertiary alicyclic amines) is 1. The van der Waals surface area contributed by atoms with E-state index in [0.717, 1.165) is 31.5 Å². The lowest BCUT2D eigenvalue weighted by Gasteiger charge is -2.30. The van der Waals surface area contributed by atoms with Gasteiger partial charge in [-0.25, -0.2) is 8.42 Å². The lowest BCUT2D eigenvalue weighted by Crippen LogP contribution is -2.35. The predicted octanol–water partition coefficient (Wildman–Crippen LogP) is 4.48. The normalized spacial score (nSPS) is 14.7. The number of carbonyl (C=O) groups is 1. The minimum absolute atomic E-state index is 0.0268. The zero-order valence-electron chi connectivity index (χ0n) is 21.1. The maximum Gasteiger partial charge on any atom is 0.303 e. The average molecular weight is 551 g/mol. The van der Waals surface area contributed by atoms with E-state index < -0.39 is 16.0 Å². The van der Waals surface area contributed by atoms with Crippen molar-refractivity contribution >= 4 is 39.6 Å². The Hall–Kier alpha value is -2.98. The zero-order valence-corrected chi connectivity index (χ0v) is 22.6. The van der Waals surface area contributed by atoms with Crippen molar-refractivity contribution in [1.82, 2.24) is 4.90 Å². The number of carboxylic acids is 1. The molecule has 3 rings (SSSR count). The fourth-order valence-corrected chi connectivity index (χ4v) is 6.35. The number of anilines is 1. The molecule has 1 aliphatic rings. The Morgan fingerprint density at radius 3 is 2.62 bits per heavy atom. The molecule has 1 aliphatic heterocycles. The Morgan fingerprint density at radius 1 is 1.22 bits per heavy atom. The number of rotatable bonds is 13. The maximum atomic E-state index is 13.7. The molecule has 0 aliphatic carbocycles. The number of ether oxygens (including phenoxy) is 1. The molecule has 0 bridgehead atoms. The minimum Gasteiger partial charge on any atom is -0.493 e.